The maximum absolute atomic E-state index is 12.0. The molecule has 0 aliphatic carbocycles. The fourth-order valence-electron chi connectivity index (χ4n) is 1.69. The monoisotopic (exact) mass is 251 g/mol. The van der Waals surface area contributed by atoms with Crippen LogP contribution in [0.4, 0.5) is 5.69 Å². The Hall–Kier alpha value is -1.53. The van der Waals surface area contributed by atoms with Gasteiger partial charge in [-0.1, -0.05) is 12.1 Å². The molecule has 6 heteroatoms. The van der Waals surface area contributed by atoms with E-state index in [0.717, 1.165) is 4.90 Å². The van der Waals surface area contributed by atoms with Gasteiger partial charge < -0.3 is 16.4 Å². The molecular formula is C11H13N3O2S. The maximum atomic E-state index is 12.0. The van der Waals surface area contributed by atoms with Gasteiger partial charge in [-0.3, -0.25) is 9.59 Å². The van der Waals surface area contributed by atoms with Crippen LogP contribution in [0.3, 0.4) is 0 Å². The van der Waals surface area contributed by atoms with Crippen LogP contribution >= 0.6 is 11.8 Å². The molecule has 90 valence electrons. The maximum Gasteiger partial charge on any atom is 0.245 e. The fraction of sp³-hybridized carbons (Fsp3) is 0.273. The second-order valence-corrected chi connectivity index (χ2v) is 4.84. The molecule has 17 heavy (non-hydrogen) atoms. The number of rotatable bonds is 2. The highest BCUT2D eigenvalue weighted by atomic mass is 32.2. The second kappa shape index (κ2) is 4.77. The Morgan fingerprint density at radius 1 is 1.47 bits per heavy atom. The third-order valence-corrected chi connectivity index (χ3v) is 3.65. The number of anilines is 1. The van der Waals surface area contributed by atoms with Crippen molar-refractivity contribution in [3.63, 3.8) is 0 Å². The van der Waals surface area contributed by atoms with E-state index >= 15 is 0 Å². The molecule has 0 bridgehead atoms. The van der Waals surface area contributed by atoms with E-state index in [1.165, 1.54) is 16.7 Å². The molecule has 0 fully saturated rings. The first-order valence-corrected chi connectivity index (χ1v) is 6.15. The topological polar surface area (TPSA) is 89.4 Å². The molecule has 1 aliphatic heterocycles. The summed E-state index contributed by atoms with van der Waals surface area (Å²) in [6.07, 6.45) is 0. The van der Waals surface area contributed by atoms with E-state index < -0.39 is 11.9 Å². The van der Waals surface area contributed by atoms with Crippen molar-refractivity contribution in [3.8, 4) is 0 Å². The molecule has 1 aliphatic rings. The van der Waals surface area contributed by atoms with Gasteiger partial charge in [0.1, 0.15) is 6.54 Å². The Morgan fingerprint density at radius 3 is 2.88 bits per heavy atom. The number of benzene rings is 1. The van der Waals surface area contributed by atoms with Gasteiger partial charge in [0, 0.05) is 10.6 Å². The largest absolute Gasteiger partial charge is 0.368 e. The highest BCUT2D eigenvalue weighted by Crippen LogP contribution is 2.33. The molecule has 2 amide bonds. The van der Waals surface area contributed by atoms with Crippen LogP contribution in [0.5, 0.6) is 0 Å². The Balaban J connectivity index is 2.43. The molecule has 0 saturated carbocycles. The second-order valence-electron chi connectivity index (χ2n) is 3.78. The molecular weight excluding hydrogens is 238 g/mol. The zero-order valence-electron chi connectivity index (χ0n) is 9.13. The molecule has 1 atom stereocenters. The van der Waals surface area contributed by atoms with Crippen molar-refractivity contribution in [2.75, 3.05) is 17.2 Å². The van der Waals surface area contributed by atoms with E-state index in [-0.39, 0.29) is 12.5 Å². The Morgan fingerprint density at radius 2 is 2.18 bits per heavy atom. The Labute approximate surface area is 103 Å². The first-order valence-electron chi connectivity index (χ1n) is 5.16. The summed E-state index contributed by atoms with van der Waals surface area (Å²) in [5.41, 5.74) is 11.6. The van der Waals surface area contributed by atoms with Gasteiger partial charge in [-0.05, 0) is 12.1 Å². The molecule has 1 unspecified atom stereocenters. The van der Waals surface area contributed by atoms with Crippen LogP contribution in [0.25, 0.3) is 0 Å². The van der Waals surface area contributed by atoms with Crippen molar-refractivity contribution in [2.45, 2.75) is 10.9 Å². The molecule has 2 rings (SSSR count). The normalized spacial score (nSPS) is 19.7. The molecule has 5 nitrogen and oxygen atoms in total. The van der Waals surface area contributed by atoms with Gasteiger partial charge >= 0.3 is 0 Å². The minimum absolute atomic E-state index is 0.135. The van der Waals surface area contributed by atoms with Gasteiger partial charge in [-0.15, -0.1) is 11.8 Å². The van der Waals surface area contributed by atoms with Crippen LogP contribution in [0.15, 0.2) is 29.2 Å². The Kier molecular flexibility index (Phi) is 3.35. The highest BCUT2D eigenvalue weighted by molar-refractivity contribution is 7.99. The van der Waals surface area contributed by atoms with Crippen LogP contribution in [0, 0.1) is 0 Å². The SMILES string of the molecule is NC(=O)CN1C(=O)C(N)CSc2ccccc21. The fourth-order valence-corrected chi connectivity index (χ4v) is 2.69. The van der Waals surface area contributed by atoms with Crippen LogP contribution < -0.4 is 16.4 Å². The number of amides is 2. The molecule has 1 heterocycles. The van der Waals surface area contributed by atoms with Crippen molar-refractivity contribution >= 4 is 29.3 Å². The molecule has 0 radical (unpaired) electrons. The zero-order chi connectivity index (χ0) is 12.4. The van der Waals surface area contributed by atoms with Crippen LogP contribution in [0.1, 0.15) is 0 Å². The van der Waals surface area contributed by atoms with E-state index in [2.05, 4.69) is 0 Å². The van der Waals surface area contributed by atoms with Gasteiger partial charge in [0.2, 0.25) is 11.8 Å². The van der Waals surface area contributed by atoms with Crippen LogP contribution in [-0.2, 0) is 9.59 Å². The standard InChI is InChI=1S/C11H13N3O2S/c12-7-6-17-9-4-2-1-3-8(9)14(11(7)16)5-10(13)15/h1-4,7H,5-6,12H2,(H2,13,15). The lowest BCUT2D eigenvalue weighted by molar-refractivity contribution is -0.122. The summed E-state index contributed by atoms with van der Waals surface area (Å²) in [6, 6.07) is 6.79. The minimum atomic E-state index is -0.605. The molecule has 0 spiro atoms. The number of carbonyl (C=O) groups is 2. The molecule has 0 aromatic heterocycles. The lowest BCUT2D eigenvalue weighted by atomic mass is 10.2. The number of carbonyl (C=O) groups excluding carboxylic acids is 2. The summed E-state index contributed by atoms with van der Waals surface area (Å²) < 4.78 is 0. The van der Waals surface area contributed by atoms with E-state index in [1.54, 1.807) is 6.07 Å². The Bertz CT molecular complexity index is 464. The number of primary amides is 1. The lowest BCUT2D eigenvalue weighted by Gasteiger charge is -2.22. The average molecular weight is 251 g/mol. The zero-order valence-corrected chi connectivity index (χ0v) is 9.94. The van der Waals surface area contributed by atoms with Gasteiger partial charge in [0.15, 0.2) is 0 Å². The summed E-state index contributed by atoms with van der Waals surface area (Å²) in [7, 11) is 0. The quantitative estimate of drug-likeness (QED) is 0.770. The molecule has 1 aromatic carbocycles. The van der Waals surface area contributed by atoms with Gasteiger partial charge in [0.25, 0.3) is 0 Å². The van der Waals surface area contributed by atoms with Crippen LogP contribution in [-0.4, -0.2) is 30.2 Å². The number of hydrogen-bond donors (Lipinski definition) is 2. The van der Waals surface area contributed by atoms with Crippen molar-refractivity contribution in [2.24, 2.45) is 11.5 Å². The summed E-state index contributed by atoms with van der Waals surface area (Å²) in [5, 5.41) is 0. The van der Waals surface area contributed by atoms with E-state index in [9.17, 15) is 9.59 Å². The van der Waals surface area contributed by atoms with E-state index in [0.29, 0.717) is 11.4 Å². The first kappa shape index (κ1) is 11.9. The van der Waals surface area contributed by atoms with E-state index in [4.69, 9.17) is 11.5 Å². The van der Waals surface area contributed by atoms with Gasteiger partial charge in [0.05, 0.1) is 11.7 Å². The lowest BCUT2D eigenvalue weighted by Crippen LogP contribution is -2.47. The predicted molar refractivity (Wildman–Crippen MR) is 66.7 cm³/mol. The minimum Gasteiger partial charge on any atom is -0.368 e. The predicted octanol–water partition coefficient (Wildman–Crippen LogP) is -0.0621. The third-order valence-electron chi connectivity index (χ3n) is 2.47. The van der Waals surface area contributed by atoms with Crippen molar-refractivity contribution < 1.29 is 9.59 Å². The average Bonchev–Trinajstić information content (AvgIpc) is 2.42. The van der Waals surface area contributed by atoms with Crippen molar-refractivity contribution in [1.29, 1.82) is 0 Å². The summed E-state index contributed by atoms with van der Waals surface area (Å²) >= 11 is 1.51. The number of para-hydroxylation sites is 1. The number of hydrogen-bond acceptors (Lipinski definition) is 4. The van der Waals surface area contributed by atoms with Gasteiger partial charge in [-0.25, -0.2) is 0 Å². The molecule has 4 N–H and O–H groups in total. The summed E-state index contributed by atoms with van der Waals surface area (Å²) in [4.78, 5) is 25.3. The highest BCUT2D eigenvalue weighted by Gasteiger charge is 2.28. The number of nitrogens with two attached hydrogens (primary N) is 2. The number of nitrogens with zero attached hydrogens (tertiary/aromatic N) is 1. The number of fused-ring (bicyclic) bond motifs is 1. The van der Waals surface area contributed by atoms with Gasteiger partial charge in [-0.2, -0.15) is 0 Å². The third kappa shape index (κ3) is 2.42. The molecule has 1 aromatic rings. The van der Waals surface area contributed by atoms with E-state index in [1.807, 2.05) is 18.2 Å². The van der Waals surface area contributed by atoms with Crippen LogP contribution in [0.2, 0.25) is 0 Å². The smallest absolute Gasteiger partial charge is 0.245 e. The van der Waals surface area contributed by atoms with Crippen molar-refractivity contribution in [1.82, 2.24) is 0 Å². The molecule has 0 saturated heterocycles. The summed E-state index contributed by atoms with van der Waals surface area (Å²) in [6.45, 7) is -0.135. The number of thioether (sulfide) groups is 1. The first-order chi connectivity index (χ1) is 8.09. The van der Waals surface area contributed by atoms with Crippen molar-refractivity contribution in [3.05, 3.63) is 24.3 Å². The summed E-state index contributed by atoms with van der Waals surface area (Å²) in [5.74, 6) is -0.307.